The van der Waals surface area contributed by atoms with Crippen molar-refractivity contribution >= 4 is 5.82 Å². The van der Waals surface area contributed by atoms with Crippen molar-refractivity contribution in [2.24, 2.45) is 5.92 Å². The molecule has 2 N–H and O–H groups in total. The van der Waals surface area contributed by atoms with Gasteiger partial charge in [-0.05, 0) is 31.4 Å². The third kappa shape index (κ3) is 2.67. The van der Waals surface area contributed by atoms with E-state index in [4.69, 9.17) is 5.73 Å². The van der Waals surface area contributed by atoms with Gasteiger partial charge in [0.05, 0.1) is 11.4 Å². The molecule has 2 rings (SSSR count). The standard InChI is InChI=1S/C14H19N3/c1-10(2)8-12-9-14(15)17(16-12)13-6-4-11(3)5-7-13/h4-7,9-10H,8,15H2,1-3H3. The summed E-state index contributed by atoms with van der Waals surface area (Å²) in [4.78, 5) is 0. The minimum atomic E-state index is 0.593. The lowest BCUT2D eigenvalue weighted by atomic mass is 10.1. The van der Waals surface area contributed by atoms with E-state index in [-0.39, 0.29) is 0 Å². The zero-order valence-electron chi connectivity index (χ0n) is 10.6. The minimum absolute atomic E-state index is 0.593. The zero-order valence-corrected chi connectivity index (χ0v) is 10.6. The third-order valence-electron chi connectivity index (χ3n) is 2.68. The Morgan fingerprint density at radius 3 is 2.47 bits per heavy atom. The zero-order chi connectivity index (χ0) is 12.4. The van der Waals surface area contributed by atoms with Crippen molar-refractivity contribution in [1.82, 2.24) is 9.78 Å². The second-order valence-corrected chi connectivity index (χ2v) is 4.91. The molecule has 1 aromatic carbocycles. The normalized spacial score (nSPS) is 11.1. The molecule has 90 valence electrons. The average Bonchev–Trinajstić information content (AvgIpc) is 2.59. The molecule has 0 radical (unpaired) electrons. The highest BCUT2D eigenvalue weighted by Gasteiger charge is 2.08. The van der Waals surface area contributed by atoms with Gasteiger partial charge in [0, 0.05) is 6.07 Å². The summed E-state index contributed by atoms with van der Waals surface area (Å²) in [5.74, 6) is 1.29. The van der Waals surface area contributed by atoms with E-state index in [0.717, 1.165) is 17.8 Å². The van der Waals surface area contributed by atoms with Crippen LogP contribution >= 0.6 is 0 Å². The summed E-state index contributed by atoms with van der Waals surface area (Å²) in [7, 11) is 0. The van der Waals surface area contributed by atoms with Gasteiger partial charge in [0.15, 0.2) is 0 Å². The lowest BCUT2D eigenvalue weighted by molar-refractivity contribution is 0.628. The van der Waals surface area contributed by atoms with Gasteiger partial charge in [-0.3, -0.25) is 0 Å². The Bertz CT molecular complexity index is 495. The van der Waals surface area contributed by atoms with Crippen LogP contribution in [0.5, 0.6) is 0 Å². The number of hydrogen-bond acceptors (Lipinski definition) is 2. The molecule has 0 aliphatic rings. The predicted molar refractivity (Wildman–Crippen MR) is 71.3 cm³/mol. The van der Waals surface area contributed by atoms with Crippen LogP contribution in [0, 0.1) is 12.8 Å². The van der Waals surface area contributed by atoms with E-state index in [2.05, 4.69) is 38.0 Å². The Balaban J connectivity index is 2.32. The van der Waals surface area contributed by atoms with Crippen LogP contribution in [0.1, 0.15) is 25.1 Å². The summed E-state index contributed by atoms with van der Waals surface area (Å²) in [6.45, 7) is 6.43. The fraction of sp³-hybridized carbons (Fsp3) is 0.357. The molecule has 0 amide bonds. The van der Waals surface area contributed by atoms with Gasteiger partial charge in [-0.15, -0.1) is 0 Å². The molecule has 0 aliphatic heterocycles. The van der Waals surface area contributed by atoms with Crippen molar-refractivity contribution in [3.8, 4) is 5.69 Å². The number of nitrogens with zero attached hydrogens (tertiary/aromatic N) is 2. The highest BCUT2D eigenvalue weighted by atomic mass is 15.3. The number of hydrogen-bond donors (Lipinski definition) is 1. The summed E-state index contributed by atoms with van der Waals surface area (Å²) in [6.07, 6.45) is 0.961. The van der Waals surface area contributed by atoms with Crippen molar-refractivity contribution in [2.45, 2.75) is 27.2 Å². The molecule has 0 fully saturated rings. The first-order chi connectivity index (χ1) is 8.06. The smallest absolute Gasteiger partial charge is 0.127 e. The summed E-state index contributed by atoms with van der Waals surface area (Å²) >= 11 is 0. The fourth-order valence-electron chi connectivity index (χ4n) is 1.86. The van der Waals surface area contributed by atoms with E-state index < -0.39 is 0 Å². The van der Waals surface area contributed by atoms with Gasteiger partial charge in [0.1, 0.15) is 5.82 Å². The lowest BCUT2D eigenvalue weighted by Crippen LogP contribution is -2.02. The molecule has 3 heteroatoms. The Kier molecular flexibility index (Phi) is 3.18. The molecule has 2 aromatic rings. The van der Waals surface area contributed by atoms with Crippen molar-refractivity contribution in [2.75, 3.05) is 5.73 Å². The summed E-state index contributed by atoms with van der Waals surface area (Å²) in [5.41, 5.74) is 9.30. The molecule has 0 aliphatic carbocycles. The van der Waals surface area contributed by atoms with Gasteiger partial charge >= 0.3 is 0 Å². The maximum absolute atomic E-state index is 5.99. The fourth-order valence-corrected chi connectivity index (χ4v) is 1.86. The van der Waals surface area contributed by atoms with Gasteiger partial charge in [-0.25, -0.2) is 4.68 Å². The van der Waals surface area contributed by atoms with Gasteiger partial charge in [0.2, 0.25) is 0 Å². The number of benzene rings is 1. The van der Waals surface area contributed by atoms with Crippen molar-refractivity contribution in [1.29, 1.82) is 0 Å². The molecule has 0 bridgehead atoms. The lowest BCUT2D eigenvalue weighted by Gasteiger charge is -2.04. The third-order valence-corrected chi connectivity index (χ3v) is 2.68. The highest BCUT2D eigenvalue weighted by molar-refractivity contribution is 5.43. The number of aromatic nitrogens is 2. The Labute approximate surface area is 102 Å². The first kappa shape index (κ1) is 11.7. The second kappa shape index (κ2) is 4.62. The second-order valence-electron chi connectivity index (χ2n) is 4.91. The highest BCUT2D eigenvalue weighted by Crippen LogP contribution is 2.17. The molecule has 3 nitrogen and oxygen atoms in total. The number of nitrogen functional groups attached to an aromatic ring is 1. The molecular formula is C14H19N3. The first-order valence-corrected chi connectivity index (χ1v) is 5.97. The van der Waals surface area contributed by atoms with E-state index in [1.54, 1.807) is 4.68 Å². The Morgan fingerprint density at radius 2 is 1.88 bits per heavy atom. The SMILES string of the molecule is Cc1ccc(-n2nc(CC(C)C)cc2N)cc1. The topological polar surface area (TPSA) is 43.8 Å². The molecule has 0 saturated carbocycles. The first-order valence-electron chi connectivity index (χ1n) is 5.97. The van der Waals surface area contributed by atoms with Crippen LogP contribution in [-0.2, 0) is 6.42 Å². The predicted octanol–water partition coefficient (Wildman–Crippen LogP) is 2.96. The monoisotopic (exact) mass is 229 g/mol. The van der Waals surface area contributed by atoms with E-state index in [0.29, 0.717) is 11.7 Å². The van der Waals surface area contributed by atoms with Gasteiger partial charge in [-0.2, -0.15) is 5.10 Å². The summed E-state index contributed by atoms with van der Waals surface area (Å²) < 4.78 is 1.80. The Hall–Kier alpha value is -1.77. The van der Waals surface area contributed by atoms with Crippen LogP contribution in [-0.4, -0.2) is 9.78 Å². The van der Waals surface area contributed by atoms with Crippen LogP contribution in [0.2, 0.25) is 0 Å². The minimum Gasteiger partial charge on any atom is -0.384 e. The molecule has 1 aromatic heterocycles. The molecular weight excluding hydrogens is 210 g/mol. The van der Waals surface area contributed by atoms with Gasteiger partial charge in [-0.1, -0.05) is 31.5 Å². The van der Waals surface area contributed by atoms with Crippen LogP contribution in [0.3, 0.4) is 0 Å². The maximum Gasteiger partial charge on any atom is 0.127 e. The van der Waals surface area contributed by atoms with Crippen LogP contribution < -0.4 is 5.73 Å². The van der Waals surface area contributed by atoms with Gasteiger partial charge in [0.25, 0.3) is 0 Å². The van der Waals surface area contributed by atoms with Crippen molar-refractivity contribution in [3.05, 3.63) is 41.6 Å². The number of aryl methyl sites for hydroxylation is 1. The van der Waals surface area contributed by atoms with Crippen molar-refractivity contribution < 1.29 is 0 Å². The average molecular weight is 229 g/mol. The number of anilines is 1. The van der Waals surface area contributed by atoms with Crippen LogP contribution in [0.15, 0.2) is 30.3 Å². The van der Waals surface area contributed by atoms with Crippen LogP contribution in [0.4, 0.5) is 5.82 Å². The Morgan fingerprint density at radius 1 is 1.24 bits per heavy atom. The van der Waals surface area contributed by atoms with Crippen molar-refractivity contribution in [3.63, 3.8) is 0 Å². The molecule has 1 heterocycles. The van der Waals surface area contributed by atoms with E-state index in [1.165, 1.54) is 5.56 Å². The van der Waals surface area contributed by atoms with Crippen LogP contribution in [0.25, 0.3) is 5.69 Å². The van der Waals surface area contributed by atoms with E-state index in [9.17, 15) is 0 Å². The largest absolute Gasteiger partial charge is 0.384 e. The molecule has 0 unspecified atom stereocenters. The quantitative estimate of drug-likeness (QED) is 0.879. The maximum atomic E-state index is 5.99. The van der Waals surface area contributed by atoms with E-state index >= 15 is 0 Å². The molecule has 0 spiro atoms. The van der Waals surface area contributed by atoms with Gasteiger partial charge < -0.3 is 5.73 Å². The molecule has 17 heavy (non-hydrogen) atoms. The molecule has 0 saturated heterocycles. The number of rotatable bonds is 3. The van der Waals surface area contributed by atoms with E-state index in [1.807, 2.05) is 18.2 Å². The summed E-state index contributed by atoms with van der Waals surface area (Å²) in [6, 6.07) is 10.2. The molecule has 0 atom stereocenters. The summed E-state index contributed by atoms with van der Waals surface area (Å²) in [5, 5.41) is 4.54. The number of nitrogens with two attached hydrogens (primary N) is 1.